The topological polar surface area (TPSA) is 55.1 Å². The van der Waals surface area contributed by atoms with Crippen LogP contribution in [0.1, 0.15) is 26.7 Å². The Hall–Kier alpha value is -1.58. The molecule has 3 N–H and O–H groups in total. The summed E-state index contributed by atoms with van der Waals surface area (Å²) < 4.78 is 12.7. The molecule has 16 heavy (non-hydrogen) atoms. The maximum Gasteiger partial charge on any atom is 0.224 e. The summed E-state index contributed by atoms with van der Waals surface area (Å²) in [6, 6.07) is 3.93. The minimum absolute atomic E-state index is 0.0907. The molecule has 1 amide bonds. The number of nitrogen functional groups attached to an aromatic ring is 1. The summed E-state index contributed by atoms with van der Waals surface area (Å²) in [4.78, 5) is 11.5. The number of rotatable bonds is 4. The molecular formula is C12H17FN2O. The number of carbonyl (C=O) groups is 1. The van der Waals surface area contributed by atoms with E-state index in [-0.39, 0.29) is 11.6 Å². The number of anilines is 2. The van der Waals surface area contributed by atoms with Crippen molar-refractivity contribution in [1.29, 1.82) is 0 Å². The molecular weight excluding hydrogens is 207 g/mol. The van der Waals surface area contributed by atoms with Crippen molar-refractivity contribution in [3.05, 3.63) is 24.0 Å². The summed E-state index contributed by atoms with van der Waals surface area (Å²) in [6.45, 7) is 4.11. The highest BCUT2D eigenvalue weighted by molar-refractivity contribution is 5.93. The van der Waals surface area contributed by atoms with Gasteiger partial charge in [-0.05, 0) is 30.5 Å². The second-order valence-electron chi connectivity index (χ2n) is 4.21. The zero-order chi connectivity index (χ0) is 12.1. The lowest BCUT2D eigenvalue weighted by Gasteiger charge is -2.09. The Kier molecular flexibility index (Phi) is 4.28. The molecule has 0 aliphatic rings. The van der Waals surface area contributed by atoms with Gasteiger partial charge in [-0.1, -0.05) is 13.8 Å². The molecule has 0 saturated carbocycles. The lowest BCUT2D eigenvalue weighted by molar-refractivity contribution is -0.116. The van der Waals surface area contributed by atoms with E-state index in [4.69, 9.17) is 5.73 Å². The molecule has 0 aromatic heterocycles. The second-order valence-corrected chi connectivity index (χ2v) is 4.21. The molecule has 1 rings (SSSR count). The van der Waals surface area contributed by atoms with Crippen LogP contribution in [0.15, 0.2) is 18.2 Å². The predicted octanol–water partition coefficient (Wildman–Crippen LogP) is 2.78. The summed E-state index contributed by atoms with van der Waals surface area (Å²) in [5, 5.41) is 2.66. The molecule has 0 aliphatic heterocycles. The molecule has 0 atom stereocenters. The largest absolute Gasteiger partial charge is 0.397 e. The van der Waals surface area contributed by atoms with E-state index in [9.17, 15) is 9.18 Å². The lowest BCUT2D eigenvalue weighted by atomic mass is 10.1. The smallest absolute Gasteiger partial charge is 0.224 e. The summed E-state index contributed by atoms with van der Waals surface area (Å²) >= 11 is 0. The molecule has 0 unspecified atom stereocenters. The van der Waals surface area contributed by atoms with Crippen LogP contribution in [0.4, 0.5) is 15.8 Å². The van der Waals surface area contributed by atoms with E-state index in [1.54, 1.807) is 0 Å². The van der Waals surface area contributed by atoms with Crippen molar-refractivity contribution in [1.82, 2.24) is 0 Å². The molecule has 0 spiro atoms. The maximum absolute atomic E-state index is 12.7. The third-order valence-corrected chi connectivity index (χ3v) is 2.24. The lowest BCUT2D eigenvalue weighted by Crippen LogP contribution is -2.13. The average molecular weight is 224 g/mol. The Morgan fingerprint density at radius 3 is 2.75 bits per heavy atom. The highest BCUT2D eigenvalue weighted by Gasteiger charge is 2.06. The van der Waals surface area contributed by atoms with Crippen LogP contribution >= 0.6 is 0 Å². The van der Waals surface area contributed by atoms with Gasteiger partial charge in [-0.2, -0.15) is 0 Å². The molecule has 0 heterocycles. The predicted molar refractivity (Wildman–Crippen MR) is 63.5 cm³/mol. The number of nitrogens with one attached hydrogen (secondary N) is 1. The molecule has 0 bridgehead atoms. The van der Waals surface area contributed by atoms with E-state index in [0.29, 0.717) is 18.0 Å². The van der Waals surface area contributed by atoms with E-state index in [2.05, 4.69) is 19.2 Å². The fraction of sp³-hybridized carbons (Fsp3) is 0.417. The fourth-order valence-electron chi connectivity index (χ4n) is 1.28. The third-order valence-electron chi connectivity index (χ3n) is 2.24. The van der Waals surface area contributed by atoms with Crippen molar-refractivity contribution in [2.45, 2.75) is 26.7 Å². The van der Waals surface area contributed by atoms with Gasteiger partial charge < -0.3 is 11.1 Å². The highest BCUT2D eigenvalue weighted by Crippen LogP contribution is 2.19. The van der Waals surface area contributed by atoms with E-state index in [0.717, 1.165) is 6.42 Å². The number of hydrogen-bond acceptors (Lipinski definition) is 2. The molecule has 0 radical (unpaired) electrons. The van der Waals surface area contributed by atoms with Crippen LogP contribution in [0, 0.1) is 11.7 Å². The van der Waals surface area contributed by atoms with Gasteiger partial charge in [0.2, 0.25) is 5.91 Å². The molecule has 3 nitrogen and oxygen atoms in total. The number of nitrogens with two attached hydrogens (primary N) is 1. The van der Waals surface area contributed by atoms with E-state index >= 15 is 0 Å². The first-order valence-corrected chi connectivity index (χ1v) is 5.34. The van der Waals surface area contributed by atoms with Crippen molar-refractivity contribution < 1.29 is 9.18 Å². The molecule has 0 fully saturated rings. The first-order chi connectivity index (χ1) is 7.49. The Balaban J connectivity index is 2.56. The summed E-state index contributed by atoms with van der Waals surface area (Å²) in [7, 11) is 0. The number of amides is 1. The Morgan fingerprint density at radius 1 is 1.50 bits per heavy atom. The normalized spacial score (nSPS) is 10.5. The van der Waals surface area contributed by atoms with E-state index in [1.807, 2.05) is 0 Å². The van der Waals surface area contributed by atoms with Crippen molar-refractivity contribution in [2.24, 2.45) is 5.92 Å². The number of carbonyl (C=O) groups excluding carboxylic acids is 1. The van der Waals surface area contributed by atoms with Gasteiger partial charge in [-0.3, -0.25) is 4.79 Å². The fourth-order valence-corrected chi connectivity index (χ4v) is 1.28. The highest BCUT2D eigenvalue weighted by atomic mass is 19.1. The van der Waals surface area contributed by atoms with Gasteiger partial charge in [0.1, 0.15) is 5.82 Å². The van der Waals surface area contributed by atoms with Crippen molar-refractivity contribution in [3.8, 4) is 0 Å². The standard InChI is InChI=1S/C12H17FN2O/c1-8(2)3-6-12(16)15-11-5-4-9(13)7-10(11)14/h4-5,7-8H,3,6,14H2,1-2H3,(H,15,16). The van der Waals surface area contributed by atoms with Crippen LogP contribution in [-0.4, -0.2) is 5.91 Å². The molecule has 1 aromatic rings. The first-order valence-electron chi connectivity index (χ1n) is 5.34. The average Bonchev–Trinajstić information content (AvgIpc) is 2.19. The Labute approximate surface area is 94.8 Å². The van der Waals surface area contributed by atoms with Crippen LogP contribution in [0.5, 0.6) is 0 Å². The molecule has 0 saturated heterocycles. The van der Waals surface area contributed by atoms with Crippen molar-refractivity contribution >= 4 is 17.3 Å². The van der Waals surface area contributed by atoms with Crippen LogP contribution in [-0.2, 0) is 4.79 Å². The first kappa shape index (κ1) is 12.5. The molecule has 1 aromatic carbocycles. The number of halogens is 1. The van der Waals surface area contributed by atoms with Gasteiger partial charge in [-0.15, -0.1) is 0 Å². The van der Waals surface area contributed by atoms with E-state index < -0.39 is 5.82 Å². The van der Waals surface area contributed by atoms with Gasteiger partial charge in [-0.25, -0.2) is 4.39 Å². The van der Waals surface area contributed by atoms with Gasteiger partial charge in [0.15, 0.2) is 0 Å². The summed E-state index contributed by atoms with van der Waals surface area (Å²) in [5.74, 6) is -0.0130. The minimum Gasteiger partial charge on any atom is -0.397 e. The van der Waals surface area contributed by atoms with Crippen LogP contribution in [0.25, 0.3) is 0 Å². The third kappa shape index (κ3) is 3.88. The Morgan fingerprint density at radius 2 is 2.19 bits per heavy atom. The molecule has 88 valence electrons. The SMILES string of the molecule is CC(C)CCC(=O)Nc1ccc(F)cc1N. The van der Waals surface area contributed by atoms with Crippen LogP contribution in [0.3, 0.4) is 0 Å². The molecule has 0 aliphatic carbocycles. The van der Waals surface area contributed by atoms with Gasteiger partial charge >= 0.3 is 0 Å². The van der Waals surface area contributed by atoms with Crippen molar-refractivity contribution in [2.75, 3.05) is 11.1 Å². The summed E-state index contributed by atoms with van der Waals surface area (Å²) in [6.07, 6.45) is 1.28. The quantitative estimate of drug-likeness (QED) is 0.773. The maximum atomic E-state index is 12.7. The zero-order valence-corrected chi connectivity index (χ0v) is 9.59. The zero-order valence-electron chi connectivity index (χ0n) is 9.59. The number of benzene rings is 1. The second kappa shape index (κ2) is 5.49. The van der Waals surface area contributed by atoms with Gasteiger partial charge in [0.25, 0.3) is 0 Å². The number of hydrogen-bond donors (Lipinski definition) is 2. The van der Waals surface area contributed by atoms with Crippen LogP contribution in [0.2, 0.25) is 0 Å². The summed E-state index contributed by atoms with van der Waals surface area (Å²) in [5.41, 5.74) is 6.29. The van der Waals surface area contributed by atoms with Gasteiger partial charge in [0.05, 0.1) is 11.4 Å². The monoisotopic (exact) mass is 224 g/mol. The minimum atomic E-state index is -0.405. The van der Waals surface area contributed by atoms with Crippen LogP contribution < -0.4 is 11.1 Å². The van der Waals surface area contributed by atoms with Gasteiger partial charge in [0, 0.05) is 6.42 Å². The van der Waals surface area contributed by atoms with Crippen molar-refractivity contribution in [3.63, 3.8) is 0 Å². The van der Waals surface area contributed by atoms with E-state index in [1.165, 1.54) is 18.2 Å². The molecule has 4 heteroatoms. The Bertz CT molecular complexity index is 377.